The number of ether oxygens (including phenoxy) is 2. The number of nitrogens with zero attached hydrogens (tertiary/aromatic N) is 2. The Balaban J connectivity index is 2.34. The summed E-state index contributed by atoms with van der Waals surface area (Å²) in [5, 5.41) is 9.75. The standard InChI is InChI=1S/C21H27FN2O4/c1-5-27-18(25)17(14-23)21(15-7-6-8-16(22)13-15)9-11-24(12-10-21)19(26)28-20(2,3)4/h6-8,13,17H,5,9-12H2,1-4H3. The van der Waals surface area contributed by atoms with Gasteiger partial charge in [-0.15, -0.1) is 0 Å². The number of esters is 1. The molecule has 1 aromatic rings. The summed E-state index contributed by atoms with van der Waals surface area (Å²) in [5.41, 5.74) is -0.980. The van der Waals surface area contributed by atoms with Gasteiger partial charge in [0.2, 0.25) is 0 Å². The number of hydrogen-bond donors (Lipinski definition) is 0. The quantitative estimate of drug-likeness (QED) is 0.731. The third-order valence-electron chi connectivity index (χ3n) is 4.91. The van der Waals surface area contributed by atoms with E-state index >= 15 is 0 Å². The molecule has 0 bridgehead atoms. The maximum atomic E-state index is 13.9. The number of rotatable bonds is 4. The highest BCUT2D eigenvalue weighted by Crippen LogP contribution is 2.43. The molecule has 1 amide bonds. The van der Waals surface area contributed by atoms with Crippen LogP contribution in [0.4, 0.5) is 9.18 Å². The number of likely N-dealkylation sites (tertiary alicyclic amines) is 1. The van der Waals surface area contributed by atoms with Crippen molar-refractivity contribution in [3.63, 3.8) is 0 Å². The lowest BCUT2D eigenvalue weighted by molar-refractivity contribution is -0.149. The van der Waals surface area contributed by atoms with Gasteiger partial charge in [0.15, 0.2) is 5.92 Å². The van der Waals surface area contributed by atoms with Crippen LogP contribution in [0.15, 0.2) is 24.3 Å². The van der Waals surface area contributed by atoms with Gasteiger partial charge in [0.1, 0.15) is 11.4 Å². The number of carbonyl (C=O) groups excluding carboxylic acids is 2. The molecule has 1 aliphatic heterocycles. The van der Waals surface area contributed by atoms with Crippen LogP contribution in [0, 0.1) is 23.1 Å². The topological polar surface area (TPSA) is 79.6 Å². The lowest BCUT2D eigenvalue weighted by Crippen LogP contribution is -2.51. The van der Waals surface area contributed by atoms with Crippen LogP contribution < -0.4 is 0 Å². The second-order valence-electron chi connectivity index (χ2n) is 7.95. The van der Waals surface area contributed by atoms with Gasteiger partial charge in [-0.1, -0.05) is 12.1 Å². The first-order valence-electron chi connectivity index (χ1n) is 9.43. The van der Waals surface area contributed by atoms with E-state index < -0.39 is 34.8 Å². The van der Waals surface area contributed by atoms with Crippen LogP contribution in [0.25, 0.3) is 0 Å². The molecule has 28 heavy (non-hydrogen) atoms. The van der Waals surface area contributed by atoms with Crippen molar-refractivity contribution < 1.29 is 23.5 Å². The number of hydrogen-bond acceptors (Lipinski definition) is 5. The zero-order chi connectivity index (χ0) is 20.9. The van der Waals surface area contributed by atoms with Crippen LogP contribution in [-0.2, 0) is 19.7 Å². The van der Waals surface area contributed by atoms with Crippen molar-refractivity contribution in [1.29, 1.82) is 5.26 Å². The molecule has 152 valence electrons. The van der Waals surface area contributed by atoms with Crippen molar-refractivity contribution >= 4 is 12.1 Å². The molecule has 0 aliphatic carbocycles. The Hall–Kier alpha value is -2.62. The van der Waals surface area contributed by atoms with Gasteiger partial charge in [0, 0.05) is 18.5 Å². The average molecular weight is 390 g/mol. The summed E-state index contributed by atoms with van der Waals surface area (Å²) in [7, 11) is 0. The highest BCUT2D eigenvalue weighted by molar-refractivity contribution is 5.78. The first-order valence-corrected chi connectivity index (χ1v) is 9.43. The van der Waals surface area contributed by atoms with Crippen LogP contribution in [-0.4, -0.2) is 42.3 Å². The molecule has 0 N–H and O–H groups in total. The molecular formula is C21H27FN2O4. The van der Waals surface area contributed by atoms with E-state index in [2.05, 4.69) is 6.07 Å². The summed E-state index contributed by atoms with van der Waals surface area (Å²) in [6, 6.07) is 8.02. The number of benzene rings is 1. The third-order valence-corrected chi connectivity index (χ3v) is 4.91. The van der Waals surface area contributed by atoms with E-state index in [1.54, 1.807) is 44.7 Å². The van der Waals surface area contributed by atoms with Crippen molar-refractivity contribution in [3.8, 4) is 6.07 Å². The number of halogens is 1. The van der Waals surface area contributed by atoms with Gasteiger partial charge >= 0.3 is 12.1 Å². The Morgan fingerprint density at radius 1 is 1.32 bits per heavy atom. The van der Waals surface area contributed by atoms with Crippen LogP contribution in [0.2, 0.25) is 0 Å². The molecule has 0 saturated carbocycles. The van der Waals surface area contributed by atoms with Crippen molar-refractivity contribution in [1.82, 2.24) is 4.90 Å². The first-order chi connectivity index (χ1) is 13.1. The third kappa shape index (κ3) is 4.80. The normalized spacial score (nSPS) is 17.4. The monoisotopic (exact) mass is 390 g/mol. The predicted octanol–water partition coefficient (Wildman–Crippen LogP) is 3.80. The summed E-state index contributed by atoms with van der Waals surface area (Å²) in [6.45, 7) is 7.79. The van der Waals surface area contributed by atoms with Crippen LogP contribution in [0.1, 0.15) is 46.1 Å². The summed E-state index contributed by atoms with van der Waals surface area (Å²) < 4.78 is 24.4. The van der Waals surface area contributed by atoms with Gasteiger partial charge in [-0.3, -0.25) is 4.79 Å². The number of amides is 1. The largest absolute Gasteiger partial charge is 0.465 e. The highest BCUT2D eigenvalue weighted by atomic mass is 19.1. The summed E-state index contributed by atoms with van der Waals surface area (Å²) >= 11 is 0. The van der Waals surface area contributed by atoms with Crippen molar-refractivity contribution in [3.05, 3.63) is 35.6 Å². The van der Waals surface area contributed by atoms with Gasteiger partial charge in [-0.2, -0.15) is 5.26 Å². The van der Waals surface area contributed by atoms with E-state index in [0.717, 1.165) is 0 Å². The zero-order valence-corrected chi connectivity index (χ0v) is 16.8. The summed E-state index contributed by atoms with van der Waals surface area (Å²) in [6.07, 6.45) is 0.212. The van der Waals surface area contributed by atoms with Crippen molar-refractivity contribution in [2.24, 2.45) is 5.92 Å². The van der Waals surface area contributed by atoms with Crippen molar-refractivity contribution in [2.75, 3.05) is 19.7 Å². The molecule has 1 heterocycles. The van der Waals surface area contributed by atoms with Crippen molar-refractivity contribution in [2.45, 2.75) is 51.6 Å². The molecule has 1 fully saturated rings. The molecule has 2 rings (SSSR count). The Morgan fingerprint density at radius 2 is 1.96 bits per heavy atom. The molecule has 1 saturated heterocycles. The fourth-order valence-corrected chi connectivity index (χ4v) is 3.58. The fraction of sp³-hybridized carbons (Fsp3) is 0.571. The number of piperidine rings is 1. The van der Waals surface area contributed by atoms with E-state index in [0.29, 0.717) is 31.5 Å². The zero-order valence-electron chi connectivity index (χ0n) is 16.8. The van der Waals surface area contributed by atoms with E-state index in [4.69, 9.17) is 9.47 Å². The molecule has 1 unspecified atom stereocenters. The van der Waals surface area contributed by atoms with Gasteiger partial charge in [-0.05, 0) is 58.2 Å². The fourth-order valence-electron chi connectivity index (χ4n) is 3.58. The van der Waals surface area contributed by atoms with E-state index in [-0.39, 0.29) is 6.61 Å². The summed E-state index contributed by atoms with van der Waals surface area (Å²) in [4.78, 5) is 26.4. The molecular weight excluding hydrogens is 363 g/mol. The molecule has 1 atom stereocenters. The smallest absolute Gasteiger partial charge is 0.410 e. The maximum absolute atomic E-state index is 13.9. The minimum absolute atomic E-state index is 0.153. The molecule has 0 radical (unpaired) electrons. The molecule has 6 nitrogen and oxygen atoms in total. The molecule has 1 aromatic carbocycles. The molecule has 1 aliphatic rings. The van der Waals surface area contributed by atoms with Gasteiger partial charge < -0.3 is 14.4 Å². The average Bonchev–Trinajstić information content (AvgIpc) is 2.61. The molecule has 7 heteroatoms. The number of nitriles is 1. The van der Waals surface area contributed by atoms with E-state index in [1.165, 1.54) is 12.1 Å². The Kier molecular flexibility index (Phi) is 6.65. The minimum Gasteiger partial charge on any atom is -0.465 e. The van der Waals surface area contributed by atoms with Gasteiger partial charge in [0.25, 0.3) is 0 Å². The highest BCUT2D eigenvalue weighted by Gasteiger charge is 2.48. The second kappa shape index (κ2) is 8.59. The molecule has 0 spiro atoms. The SMILES string of the molecule is CCOC(=O)C(C#N)C1(c2cccc(F)c2)CCN(C(=O)OC(C)(C)C)CC1. The van der Waals surface area contributed by atoms with Gasteiger partial charge in [0.05, 0.1) is 12.7 Å². The second-order valence-corrected chi connectivity index (χ2v) is 7.95. The first kappa shape index (κ1) is 21.7. The van der Waals surface area contributed by atoms with Crippen LogP contribution in [0.3, 0.4) is 0 Å². The Morgan fingerprint density at radius 3 is 2.46 bits per heavy atom. The maximum Gasteiger partial charge on any atom is 0.410 e. The Bertz CT molecular complexity index is 758. The number of carbonyl (C=O) groups is 2. The predicted molar refractivity (Wildman–Crippen MR) is 101 cm³/mol. The lowest BCUT2D eigenvalue weighted by atomic mass is 9.64. The van der Waals surface area contributed by atoms with Crippen LogP contribution >= 0.6 is 0 Å². The van der Waals surface area contributed by atoms with Gasteiger partial charge in [-0.25, -0.2) is 9.18 Å². The Labute approximate surface area is 165 Å². The minimum atomic E-state index is -1.09. The van der Waals surface area contributed by atoms with E-state index in [9.17, 15) is 19.2 Å². The molecule has 0 aromatic heterocycles. The summed E-state index contributed by atoms with van der Waals surface area (Å²) in [5.74, 6) is -2.15. The lowest BCUT2D eigenvalue weighted by Gasteiger charge is -2.44. The van der Waals surface area contributed by atoms with E-state index in [1.807, 2.05) is 0 Å². The van der Waals surface area contributed by atoms with Crippen LogP contribution in [0.5, 0.6) is 0 Å².